The molecule has 0 bridgehead atoms. The van der Waals surface area contributed by atoms with Gasteiger partial charge in [0.25, 0.3) is 0 Å². The van der Waals surface area contributed by atoms with Crippen molar-refractivity contribution in [2.75, 3.05) is 26.7 Å². The molecule has 1 aromatic carbocycles. The van der Waals surface area contributed by atoms with E-state index < -0.39 is 18.0 Å². The first-order valence-electron chi connectivity index (χ1n) is 12.2. The predicted molar refractivity (Wildman–Crippen MR) is 140 cm³/mol. The molecule has 3 atom stereocenters. The van der Waals surface area contributed by atoms with Gasteiger partial charge in [0.1, 0.15) is 5.75 Å². The summed E-state index contributed by atoms with van der Waals surface area (Å²) >= 11 is 7.87. The molecule has 0 saturated carbocycles. The lowest BCUT2D eigenvalue weighted by molar-refractivity contribution is -0.146. The molecule has 188 valence electrons. The van der Waals surface area contributed by atoms with Gasteiger partial charge in [-0.1, -0.05) is 11.6 Å². The van der Waals surface area contributed by atoms with E-state index in [-0.39, 0.29) is 5.92 Å². The van der Waals surface area contributed by atoms with Crippen molar-refractivity contribution in [1.82, 2.24) is 9.88 Å². The topological polar surface area (TPSA) is 82.9 Å². The van der Waals surface area contributed by atoms with Crippen LogP contribution in [-0.4, -0.2) is 52.8 Å². The fourth-order valence-electron chi connectivity index (χ4n) is 5.11. The number of carboxylic acids is 1. The number of carbonyl (C=O) groups is 1. The smallest absolute Gasteiger partial charge is 0.308 e. The van der Waals surface area contributed by atoms with Crippen molar-refractivity contribution in [3.63, 3.8) is 0 Å². The van der Waals surface area contributed by atoms with Crippen LogP contribution in [0.15, 0.2) is 41.9 Å². The number of aliphatic hydroxyl groups excluding tert-OH is 1. The van der Waals surface area contributed by atoms with Crippen LogP contribution in [0.4, 0.5) is 0 Å². The van der Waals surface area contributed by atoms with Gasteiger partial charge in [-0.2, -0.15) is 0 Å². The van der Waals surface area contributed by atoms with Crippen molar-refractivity contribution >= 4 is 39.8 Å². The number of carboxylic acid groups (broad SMARTS) is 1. The lowest BCUT2D eigenvalue weighted by Gasteiger charge is -2.37. The highest BCUT2D eigenvalue weighted by molar-refractivity contribution is 7.10. The van der Waals surface area contributed by atoms with Crippen molar-refractivity contribution < 1.29 is 19.7 Å². The molecule has 35 heavy (non-hydrogen) atoms. The molecule has 0 radical (unpaired) electrons. The van der Waals surface area contributed by atoms with E-state index >= 15 is 0 Å². The average molecular weight is 517 g/mol. The Morgan fingerprint density at radius 1 is 1.31 bits per heavy atom. The molecule has 1 saturated heterocycles. The summed E-state index contributed by atoms with van der Waals surface area (Å²) in [6, 6.07) is 9.41. The number of methoxy groups -OCH3 is 1. The summed E-state index contributed by atoms with van der Waals surface area (Å²) in [5, 5.41) is 24.6. The van der Waals surface area contributed by atoms with E-state index in [4.69, 9.17) is 16.3 Å². The maximum atomic E-state index is 12.1. The fourth-order valence-corrected chi connectivity index (χ4v) is 6.29. The summed E-state index contributed by atoms with van der Waals surface area (Å²) < 4.78 is 5.34. The first kappa shape index (κ1) is 25.9. The van der Waals surface area contributed by atoms with Crippen LogP contribution in [0, 0.1) is 11.8 Å². The fraction of sp³-hybridized carbons (Fsp3) is 0.481. The number of aromatic nitrogens is 1. The zero-order chi connectivity index (χ0) is 24.8. The van der Waals surface area contributed by atoms with Crippen molar-refractivity contribution in [3.8, 4) is 5.75 Å². The predicted octanol–water partition coefficient (Wildman–Crippen LogP) is 5.82. The van der Waals surface area contributed by atoms with Crippen molar-refractivity contribution in [3.05, 3.63) is 57.4 Å². The van der Waals surface area contributed by atoms with E-state index in [1.165, 1.54) is 4.88 Å². The number of rotatable bonds is 11. The van der Waals surface area contributed by atoms with Gasteiger partial charge in [0, 0.05) is 23.0 Å². The maximum Gasteiger partial charge on any atom is 0.308 e. The largest absolute Gasteiger partial charge is 0.497 e. The first-order valence-corrected chi connectivity index (χ1v) is 13.5. The summed E-state index contributed by atoms with van der Waals surface area (Å²) in [5.41, 5.74) is 1.62. The lowest BCUT2D eigenvalue weighted by Crippen LogP contribution is -2.44. The SMILES string of the molecule is COc1ccc2nccc([C@@H](O)CC[C@@H]3CCN(CCCCc4sccc4Cl)C[C@@H]3C(=O)O)c2c1. The van der Waals surface area contributed by atoms with Gasteiger partial charge in [-0.05, 0) is 98.8 Å². The Morgan fingerprint density at radius 2 is 2.17 bits per heavy atom. The molecule has 0 spiro atoms. The number of pyridine rings is 1. The van der Waals surface area contributed by atoms with E-state index in [0.717, 1.165) is 66.0 Å². The molecule has 4 rings (SSSR count). The highest BCUT2D eigenvalue weighted by Crippen LogP contribution is 2.34. The molecule has 0 amide bonds. The lowest BCUT2D eigenvalue weighted by atomic mass is 9.81. The third kappa shape index (κ3) is 6.53. The van der Waals surface area contributed by atoms with Gasteiger partial charge < -0.3 is 19.8 Å². The summed E-state index contributed by atoms with van der Waals surface area (Å²) in [7, 11) is 1.62. The Kier molecular flexibility index (Phi) is 9.00. The number of ether oxygens (including phenoxy) is 1. The molecule has 0 unspecified atom stereocenters. The number of aryl methyl sites for hydroxylation is 1. The average Bonchev–Trinajstić information content (AvgIpc) is 3.29. The minimum Gasteiger partial charge on any atom is -0.497 e. The third-order valence-electron chi connectivity index (χ3n) is 7.13. The standard InChI is InChI=1S/C27H33ClN2O4S/c1-34-19-6-7-24-21(16-19)20(9-12-29-24)25(31)8-5-18-10-14-30(17-22(18)27(32)33)13-3-2-4-26-23(28)11-15-35-26/h6-7,9,11-12,15-16,18,22,25,31H,2-5,8,10,13-14,17H2,1H3,(H,32,33)/t18-,22+,25+/m1/s1. The van der Waals surface area contributed by atoms with Crippen LogP contribution in [0.25, 0.3) is 10.9 Å². The molecule has 3 heterocycles. The van der Waals surface area contributed by atoms with Crippen LogP contribution in [0.3, 0.4) is 0 Å². The van der Waals surface area contributed by atoms with Gasteiger partial charge in [-0.25, -0.2) is 0 Å². The van der Waals surface area contributed by atoms with Crippen LogP contribution >= 0.6 is 22.9 Å². The molecule has 3 aromatic rings. The van der Waals surface area contributed by atoms with Crippen LogP contribution in [0.5, 0.6) is 5.75 Å². The van der Waals surface area contributed by atoms with Crippen molar-refractivity contribution in [1.29, 1.82) is 0 Å². The Hall–Kier alpha value is -2.19. The number of hydrogen-bond donors (Lipinski definition) is 2. The minimum atomic E-state index is -0.737. The second kappa shape index (κ2) is 12.2. The van der Waals surface area contributed by atoms with Gasteiger partial charge in [-0.3, -0.25) is 9.78 Å². The summed E-state index contributed by atoms with van der Waals surface area (Å²) in [6.07, 6.45) is 6.12. The van der Waals surface area contributed by atoms with Gasteiger partial charge in [0.2, 0.25) is 0 Å². The first-order chi connectivity index (χ1) is 17.0. The second-order valence-corrected chi connectivity index (χ2v) is 10.7. The monoisotopic (exact) mass is 516 g/mol. The number of halogens is 1. The zero-order valence-electron chi connectivity index (χ0n) is 20.0. The Labute approximate surface area is 215 Å². The zero-order valence-corrected chi connectivity index (χ0v) is 21.6. The number of likely N-dealkylation sites (tertiary alicyclic amines) is 1. The summed E-state index contributed by atoms with van der Waals surface area (Å²) in [6.45, 7) is 2.39. The summed E-state index contributed by atoms with van der Waals surface area (Å²) in [5.74, 6) is -0.364. The van der Waals surface area contributed by atoms with E-state index in [1.807, 2.05) is 35.7 Å². The number of hydrogen-bond acceptors (Lipinski definition) is 6. The van der Waals surface area contributed by atoms with E-state index in [9.17, 15) is 15.0 Å². The number of aliphatic carboxylic acids is 1. The van der Waals surface area contributed by atoms with Crippen molar-refractivity contribution in [2.45, 2.75) is 44.6 Å². The molecule has 2 aromatic heterocycles. The van der Waals surface area contributed by atoms with Gasteiger partial charge in [0.15, 0.2) is 0 Å². The Bertz CT molecular complexity index is 1140. The summed E-state index contributed by atoms with van der Waals surface area (Å²) in [4.78, 5) is 20.0. The van der Waals surface area contributed by atoms with E-state index in [0.29, 0.717) is 19.4 Å². The quantitative estimate of drug-likeness (QED) is 0.312. The molecule has 1 fully saturated rings. The van der Waals surface area contributed by atoms with E-state index in [2.05, 4.69) is 9.88 Å². The van der Waals surface area contributed by atoms with Crippen LogP contribution in [0.1, 0.15) is 48.6 Å². The number of fused-ring (bicyclic) bond motifs is 1. The molecule has 0 aliphatic carbocycles. The number of benzene rings is 1. The highest BCUT2D eigenvalue weighted by Gasteiger charge is 2.34. The molecular formula is C27H33ClN2O4S. The molecule has 1 aliphatic heterocycles. The second-order valence-electron chi connectivity index (χ2n) is 9.32. The molecule has 2 N–H and O–H groups in total. The van der Waals surface area contributed by atoms with Crippen LogP contribution in [-0.2, 0) is 11.2 Å². The Morgan fingerprint density at radius 3 is 2.91 bits per heavy atom. The maximum absolute atomic E-state index is 12.1. The Balaban J connectivity index is 1.30. The third-order valence-corrected chi connectivity index (χ3v) is 8.58. The molecule has 6 nitrogen and oxygen atoms in total. The highest BCUT2D eigenvalue weighted by atomic mass is 35.5. The van der Waals surface area contributed by atoms with Crippen LogP contribution < -0.4 is 4.74 Å². The number of nitrogens with zero attached hydrogens (tertiary/aromatic N) is 2. The number of piperidine rings is 1. The molecule has 1 aliphatic rings. The number of thiophene rings is 1. The van der Waals surface area contributed by atoms with Gasteiger partial charge >= 0.3 is 5.97 Å². The molecular weight excluding hydrogens is 484 g/mol. The van der Waals surface area contributed by atoms with Gasteiger partial charge in [-0.15, -0.1) is 11.3 Å². The normalized spacial score (nSPS) is 19.6. The van der Waals surface area contributed by atoms with E-state index in [1.54, 1.807) is 24.6 Å². The van der Waals surface area contributed by atoms with Crippen molar-refractivity contribution in [2.24, 2.45) is 11.8 Å². The molecule has 8 heteroatoms. The minimum absolute atomic E-state index is 0.0611. The van der Waals surface area contributed by atoms with Crippen LogP contribution in [0.2, 0.25) is 5.02 Å². The number of aliphatic hydroxyl groups is 1. The van der Waals surface area contributed by atoms with Gasteiger partial charge in [0.05, 0.1) is 29.7 Å². The number of unbranched alkanes of at least 4 members (excludes halogenated alkanes) is 1.